The molecular formula is C12H17ClO3. The van der Waals surface area contributed by atoms with Crippen molar-refractivity contribution >= 4 is 11.6 Å². The Hall–Kier alpha value is -0.770. The van der Waals surface area contributed by atoms with Gasteiger partial charge >= 0.3 is 0 Å². The van der Waals surface area contributed by atoms with E-state index in [1.54, 1.807) is 18.2 Å². The summed E-state index contributed by atoms with van der Waals surface area (Å²) in [5.74, 6) is 0.620. The number of aliphatic hydroxyl groups is 1. The molecule has 0 aliphatic carbocycles. The quantitative estimate of drug-likeness (QED) is 0.750. The lowest BCUT2D eigenvalue weighted by atomic mass is 10.2. The van der Waals surface area contributed by atoms with Crippen LogP contribution in [-0.4, -0.2) is 24.9 Å². The first-order valence-corrected chi connectivity index (χ1v) is 5.76. The highest BCUT2D eigenvalue weighted by Gasteiger charge is 2.06. The Morgan fingerprint density at radius 1 is 1.25 bits per heavy atom. The van der Waals surface area contributed by atoms with Crippen LogP contribution in [0.25, 0.3) is 0 Å². The normalized spacial score (nSPS) is 10.4. The molecule has 0 unspecified atom stereocenters. The Morgan fingerprint density at radius 2 is 2.06 bits per heavy atom. The lowest BCUT2D eigenvalue weighted by Crippen LogP contribution is -2.08. The van der Waals surface area contributed by atoms with Crippen molar-refractivity contribution in [3.05, 3.63) is 28.8 Å². The van der Waals surface area contributed by atoms with E-state index in [4.69, 9.17) is 26.2 Å². The third-order valence-electron chi connectivity index (χ3n) is 2.07. The highest BCUT2D eigenvalue weighted by Crippen LogP contribution is 2.26. The minimum absolute atomic E-state index is 0.120. The largest absolute Gasteiger partial charge is 0.491 e. The summed E-state index contributed by atoms with van der Waals surface area (Å²) in [6.07, 6.45) is 0.999. The zero-order valence-corrected chi connectivity index (χ0v) is 10.2. The van der Waals surface area contributed by atoms with E-state index in [-0.39, 0.29) is 6.61 Å². The van der Waals surface area contributed by atoms with Crippen LogP contribution < -0.4 is 4.74 Å². The van der Waals surface area contributed by atoms with Crippen molar-refractivity contribution in [2.24, 2.45) is 0 Å². The van der Waals surface area contributed by atoms with Gasteiger partial charge in [-0.3, -0.25) is 0 Å². The summed E-state index contributed by atoms with van der Waals surface area (Å²) in [6, 6.07) is 5.31. The summed E-state index contributed by atoms with van der Waals surface area (Å²) < 4.78 is 10.8. The average Bonchev–Trinajstić information content (AvgIpc) is 2.29. The second-order valence-electron chi connectivity index (χ2n) is 3.34. The van der Waals surface area contributed by atoms with Gasteiger partial charge in [-0.15, -0.1) is 0 Å². The van der Waals surface area contributed by atoms with Crippen LogP contribution in [0.4, 0.5) is 0 Å². The second kappa shape index (κ2) is 7.49. The van der Waals surface area contributed by atoms with Crippen LogP contribution in [0, 0.1) is 0 Å². The molecule has 1 N–H and O–H groups in total. The number of benzene rings is 1. The smallest absolute Gasteiger partial charge is 0.126 e. The van der Waals surface area contributed by atoms with Crippen molar-refractivity contribution in [1.82, 2.24) is 0 Å². The van der Waals surface area contributed by atoms with Crippen LogP contribution in [0.2, 0.25) is 5.02 Å². The van der Waals surface area contributed by atoms with E-state index in [2.05, 4.69) is 6.92 Å². The third kappa shape index (κ3) is 4.00. The zero-order chi connectivity index (χ0) is 11.8. The number of aliphatic hydroxyl groups excluding tert-OH is 1. The van der Waals surface area contributed by atoms with E-state index in [9.17, 15) is 0 Å². The van der Waals surface area contributed by atoms with Gasteiger partial charge in [-0.1, -0.05) is 24.6 Å². The molecule has 0 aromatic heterocycles. The van der Waals surface area contributed by atoms with E-state index in [1.165, 1.54) is 0 Å². The predicted molar refractivity (Wildman–Crippen MR) is 64.0 cm³/mol. The topological polar surface area (TPSA) is 38.7 Å². The average molecular weight is 245 g/mol. The molecule has 0 atom stereocenters. The second-order valence-corrected chi connectivity index (χ2v) is 3.74. The fraction of sp³-hybridized carbons (Fsp3) is 0.500. The molecule has 0 fully saturated rings. The molecule has 0 aliphatic rings. The molecule has 1 aromatic rings. The SMILES string of the molecule is CCCOCCOc1cccc(Cl)c1CO. The van der Waals surface area contributed by atoms with Crippen LogP contribution in [0.15, 0.2) is 18.2 Å². The number of hydrogen-bond acceptors (Lipinski definition) is 3. The molecule has 4 heteroatoms. The van der Waals surface area contributed by atoms with Gasteiger partial charge in [0.25, 0.3) is 0 Å². The van der Waals surface area contributed by atoms with Crippen molar-refractivity contribution in [2.75, 3.05) is 19.8 Å². The summed E-state index contributed by atoms with van der Waals surface area (Å²) in [6.45, 7) is 3.69. The van der Waals surface area contributed by atoms with Crippen LogP contribution >= 0.6 is 11.6 Å². The maximum Gasteiger partial charge on any atom is 0.126 e. The Bertz CT molecular complexity index is 315. The standard InChI is InChI=1S/C12H17ClO3/c1-2-6-15-7-8-16-12-5-3-4-11(13)10(12)9-14/h3-5,14H,2,6-9H2,1H3. The third-order valence-corrected chi connectivity index (χ3v) is 2.42. The molecule has 90 valence electrons. The number of ether oxygens (including phenoxy) is 2. The Kier molecular flexibility index (Phi) is 6.23. The molecule has 0 spiro atoms. The van der Waals surface area contributed by atoms with Gasteiger partial charge in [-0.2, -0.15) is 0 Å². The van der Waals surface area contributed by atoms with Crippen LogP contribution in [-0.2, 0) is 11.3 Å². The van der Waals surface area contributed by atoms with Gasteiger partial charge < -0.3 is 14.6 Å². The summed E-state index contributed by atoms with van der Waals surface area (Å²) >= 11 is 5.92. The monoisotopic (exact) mass is 244 g/mol. The van der Waals surface area contributed by atoms with E-state index < -0.39 is 0 Å². The van der Waals surface area contributed by atoms with E-state index in [1.807, 2.05) is 0 Å². The van der Waals surface area contributed by atoms with Gasteiger partial charge in [0, 0.05) is 17.2 Å². The lowest BCUT2D eigenvalue weighted by Gasteiger charge is -2.11. The van der Waals surface area contributed by atoms with Crippen LogP contribution in [0.5, 0.6) is 5.75 Å². The van der Waals surface area contributed by atoms with Gasteiger partial charge in [0.1, 0.15) is 12.4 Å². The Morgan fingerprint density at radius 3 is 2.75 bits per heavy atom. The fourth-order valence-electron chi connectivity index (χ4n) is 1.28. The van der Waals surface area contributed by atoms with Crippen LogP contribution in [0.3, 0.4) is 0 Å². The van der Waals surface area contributed by atoms with Crippen molar-refractivity contribution in [2.45, 2.75) is 20.0 Å². The maximum absolute atomic E-state index is 9.14. The molecule has 16 heavy (non-hydrogen) atoms. The van der Waals surface area contributed by atoms with E-state index in [0.717, 1.165) is 13.0 Å². The Labute approximate surface area is 101 Å². The summed E-state index contributed by atoms with van der Waals surface area (Å²) in [7, 11) is 0. The number of hydrogen-bond donors (Lipinski definition) is 1. The molecule has 3 nitrogen and oxygen atoms in total. The van der Waals surface area contributed by atoms with E-state index in [0.29, 0.717) is 29.5 Å². The first-order valence-electron chi connectivity index (χ1n) is 5.38. The van der Waals surface area contributed by atoms with Gasteiger partial charge in [0.05, 0.1) is 13.2 Å². The summed E-state index contributed by atoms with van der Waals surface area (Å²) in [4.78, 5) is 0. The molecule has 0 amide bonds. The lowest BCUT2D eigenvalue weighted by molar-refractivity contribution is 0.0996. The Balaban J connectivity index is 2.44. The minimum atomic E-state index is -0.120. The van der Waals surface area contributed by atoms with E-state index >= 15 is 0 Å². The molecular weight excluding hydrogens is 228 g/mol. The fourth-order valence-corrected chi connectivity index (χ4v) is 1.51. The van der Waals surface area contributed by atoms with Crippen molar-refractivity contribution < 1.29 is 14.6 Å². The van der Waals surface area contributed by atoms with Crippen molar-refractivity contribution in [1.29, 1.82) is 0 Å². The molecule has 0 bridgehead atoms. The maximum atomic E-state index is 9.14. The summed E-state index contributed by atoms with van der Waals surface area (Å²) in [5, 5.41) is 9.67. The molecule has 0 saturated heterocycles. The highest BCUT2D eigenvalue weighted by molar-refractivity contribution is 6.31. The van der Waals surface area contributed by atoms with Crippen molar-refractivity contribution in [3.63, 3.8) is 0 Å². The molecule has 1 rings (SSSR count). The first-order chi connectivity index (χ1) is 7.79. The predicted octanol–water partition coefficient (Wildman–Crippen LogP) is 2.64. The van der Waals surface area contributed by atoms with Crippen molar-refractivity contribution in [3.8, 4) is 5.75 Å². The van der Waals surface area contributed by atoms with Gasteiger partial charge in [-0.05, 0) is 18.6 Å². The molecule has 0 aliphatic heterocycles. The molecule has 0 heterocycles. The van der Waals surface area contributed by atoms with Gasteiger partial charge in [0.15, 0.2) is 0 Å². The minimum Gasteiger partial charge on any atom is -0.491 e. The molecule has 0 saturated carbocycles. The highest BCUT2D eigenvalue weighted by atomic mass is 35.5. The van der Waals surface area contributed by atoms with Crippen LogP contribution in [0.1, 0.15) is 18.9 Å². The zero-order valence-electron chi connectivity index (χ0n) is 9.41. The molecule has 0 radical (unpaired) electrons. The summed E-state index contributed by atoms with van der Waals surface area (Å²) in [5.41, 5.74) is 0.625. The number of halogens is 1. The van der Waals surface area contributed by atoms with Gasteiger partial charge in [0.2, 0.25) is 0 Å². The first kappa shape index (κ1) is 13.3. The van der Waals surface area contributed by atoms with Gasteiger partial charge in [-0.25, -0.2) is 0 Å². The molecule has 1 aromatic carbocycles. The number of rotatable bonds is 7.